The fourth-order valence-corrected chi connectivity index (χ4v) is 2.51. The second-order valence-corrected chi connectivity index (χ2v) is 5.36. The minimum Gasteiger partial charge on any atom is -0.469 e. The molecule has 0 radical (unpaired) electrons. The second-order valence-electron chi connectivity index (χ2n) is 5.36. The highest BCUT2D eigenvalue weighted by molar-refractivity contribution is 5.78. The van der Waals surface area contributed by atoms with Crippen LogP contribution >= 0.6 is 0 Å². The van der Waals surface area contributed by atoms with Gasteiger partial charge in [-0.1, -0.05) is 13.8 Å². The van der Waals surface area contributed by atoms with Gasteiger partial charge in [0.2, 0.25) is 5.91 Å². The largest absolute Gasteiger partial charge is 0.469 e. The van der Waals surface area contributed by atoms with Crippen LogP contribution in [0.25, 0.3) is 0 Å². The fraction of sp³-hybridized carbons (Fsp3) is 0.867. The Morgan fingerprint density at radius 3 is 2.24 bits per heavy atom. The van der Waals surface area contributed by atoms with Crippen LogP contribution < -0.4 is 0 Å². The SMILES string of the molecule is CCN(CC)CC(=O)N1CCN(CCCC(=O)OC)CC1. The zero-order valence-corrected chi connectivity index (χ0v) is 13.6. The average molecular weight is 299 g/mol. The van der Waals surface area contributed by atoms with Gasteiger partial charge in [-0.25, -0.2) is 0 Å². The van der Waals surface area contributed by atoms with Crippen molar-refractivity contribution in [2.75, 3.05) is 59.5 Å². The zero-order chi connectivity index (χ0) is 15.7. The predicted octanol–water partition coefficient (Wildman–Crippen LogP) is 0.426. The molecule has 1 heterocycles. The maximum absolute atomic E-state index is 12.2. The molecule has 6 heteroatoms. The van der Waals surface area contributed by atoms with Gasteiger partial charge in [-0.2, -0.15) is 0 Å². The number of ether oxygens (including phenoxy) is 1. The molecule has 0 N–H and O–H groups in total. The Hall–Kier alpha value is -1.14. The third-order valence-electron chi connectivity index (χ3n) is 4.06. The summed E-state index contributed by atoms with van der Waals surface area (Å²) in [6, 6.07) is 0. The molecule has 1 rings (SSSR count). The average Bonchev–Trinajstić information content (AvgIpc) is 2.52. The standard InChI is InChI=1S/C15H29N3O3/c1-4-16(5-2)13-14(19)18-11-9-17(10-12-18)8-6-7-15(20)21-3/h4-13H2,1-3H3. The monoisotopic (exact) mass is 299 g/mol. The van der Waals surface area contributed by atoms with Gasteiger partial charge in [0.1, 0.15) is 0 Å². The number of rotatable bonds is 8. The molecule has 0 bridgehead atoms. The van der Waals surface area contributed by atoms with Crippen molar-refractivity contribution in [3.05, 3.63) is 0 Å². The van der Waals surface area contributed by atoms with Gasteiger partial charge >= 0.3 is 5.97 Å². The van der Waals surface area contributed by atoms with E-state index in [0.717, 1.165) is 52.2 Å². The Balaban J connectivity index is 2.22. The summed E-state index contributed by atoms with van der Waals surface area (Å²) in [5, 5.41) is 0. The van der Waals surface area contributed by atoms with Crippen LogP contribution in [0.5, 0.6) is 0 Å². The summed E-state index contributed by atoms with van der Waals surface area (Å²) < 4.78 is 4.63. The van der Waals surface area contributed by atoms with E-state index in [0.29, 0.717) is 13.0 Å². The molecule has 0 aromatic carbocycles. The third kappa shape index (κ3) is 6.44. The van der Waals surface area contributed by atoms with Gasteiger partial charge in [-0.15, -0.1) is 0 Å². The maximum Gasteiger partial charge on any atom is 0.305 e. The Morgan fingerprint density at radius 1 is 1.10 bits per heavy atom. The molecular formula is C15H29N3O3. The van der Waals surface area contributed by atoms with Gasteiger partial charge in [0.05, 0.1) is 13.7 Å². The van der Waals surface area contributed by atoms with Crippen LogP contribution in [0.1, 0.15) is 26.7 Å². The van der Waals surface area contributed by atoms with Crippen LogP contribution in [-0.4, -0.2) is 86.0 Å². The summed E-state index contributed by atoms with van der Waals surface area (Å²) in [6.07, 6.45) is 1.29. The molecule has 1 aliphatic rings. The number of methoxy groups -OCH3 is 1. The van der Waals surface area contributed by atoms with E-state index in [2.05, 4.69) is 28.4 Å². The molecule has 0 aliphatic carbocycles. The molecule has 0 saturated carbocycles. The Labute approximate surface area is 128 Å². The first-order valence-corrected chi connectivity index (χ1v) is 7.90. The van der Waals surface area contributed by atoms with Crippen molar-refractivity contribution < 1.29 is 14.3 Å². The van der Waals surface area contributed by atoms with Crippen LogP contribution in [-0.2, 0) is 14.3 Å². The summed E-state index contributed by atoms with van der Waals surface area (Å²) in [4.78, 5) is 29.6. The van der Waals surface area contributed by atoms with Crippen molar-refractivity contribution >= 4 is 11.9 Å². The van der Waals surface area contributed by atoms with E-state index in [1.54, 1.807) is 0 Å². The van der Waals surface area contributed by atoms with Gasteiger partial charge in [-0.05, 0) is 26.1 Å². The highest BCUT2D eigenvalue weighted by Crippen LogP contribution is 2.05. The smallest absolute Gasteiger partial charge is 0.305 e. The molecule has 0 spiro atoms. The quantitative estimate of drug-likeness (QED) is 0.608. The van der Waals surface area contributed by atoms with Crippen molar-refractivity contribution in [1.29, 1.82) is 0 Å². The number of hydrogen-bond acceptors (Lipinski definition) is 5. The number of likely N-dealkylation sites (N-methyl/N-ethyl adjacent to an activating group) is 1. The first kappa shape index (κ1) is 17.9. The van der Waals surface area contributed by atoms with Gasteiger partial charge in [-0.3, -0.25) is 19.4 Å². The first-order valence-electron chi connectivity index (χ1n) is 7.90. The molecule has 1 amide bonds. The minimum absolute atomic E-state index is 0.150. The molecule has 1 aliphatic heterocycles. The molecule has 21 heavy (non-hydrogen) atoms. The lowest BCUT2D eigenvalue weighted by Gasteiger charge is -2.35. The van der Waals surface area contributed by atoms with Crippen molar-refractivity contribution in [2.24, 2.45) is 0 Å². The number of carbonyl (C=O) groups is 2. The highest BCUT2D eigenvalue weighted by atomic mass is 16.5. The third-order valence-corrected chi connectivity index (χ3v) is 4.06. The normalized spacial score (nSPS) is 16.3. The highest BCUT2D eigenvalue weighted by Gasteiger charge is 2.21. The Morgan fingerprint density at radius 2 is 1.71 bits per heavy atom. The first-order chi connectivity index (χ1) is 10.1. The van der Waals surface area contributed by atoms with Crippen molar-refractivity contribution in [2.45, 2.75) is 26.7 Å². The number of esters is 1. The molecule has 0 atom stereocenters. The van der Waals surface area contributed by atoms with E-state index in [-0.39, 0.29) is 11.9 Å². The van der Waals surface area contributed by atoms with E-state index in [4.69, 9.17) is 0 Å². The molecule has 122 valence electrons. The number of piperazine rings is 1. The lowest BCUT2D eigenvalue weighted by molar-refractivity contribution is -0.140. The molecule has 0 unspecified atom stereocenters. The Bertz CT molecular complexity index is 324. The fourth-order valence-electron chi connectivity index (χ4n) is 2.51. The molecule has 1 saturated heterocycles. The summed E-state index contributed by atoms with van der Waals surface area (Å²) in [6.45, 7) is 10.8. The molecular weight excluding hydrogens is 270 g/mol. The van der Waals surface area contributed by atoms with E-state index in [1.807, 2.05) is 4.90 Å². The van der Waals surface area contributed by atoms with Crippen LogP contribution in [0.15, 0.2) is 0 Å². The summed E-state index contributed by atoms with van der Waals surface area (Å²) in [5.74, 6) is 0.0796. The maximum atomic E-state index is 12.2. The number of carbonyl (C=O) groups excluding carboxylic acids is 2. The summed E-state index contributed by atoms with van der Waals surface area (Å²) >= 11 is 0. The van der Waals surface area contributed by atoms with Gasteiger partial charge in [0.15, 0.2) is 0 Å². The van der Waals surface area contributed by atoms with Crippen LogP contribution in [0.3, 0.4) is 0 Å². The zero-order valence-electron chi connectivity index (χ0n) is 13.6. The predicted molar refractivity (Wildman–Crippen MR) is 82.1 cm³/mol. The van der Waals surface area contributed by atoms with E-state index in [9.17, 15) is 9.59 Å². The van der Waals surface area contributed by atoms with Crippen molar-refractivity contribution in [3.63, 3.8) is 0 Å². The van der Waals surface area contributed by atoms with Crippen molar-refractivity contribution in [3.8, 4) is 0 Å². The number of amides is 1. The number of hydrogen-bond donors (Lipinski definition) is 0. The van der Waals surface area contributed by atoms with Crippen LogP contribution in [0.4, 0.5) is 0 Å². The molecule has 6 nitrogen and oxygen atoms in total. The van der Waals surface area contributed by atoms with Crippen LogP contribution in [0, 0.1) is 0 Å². The lowest BCUT2D eigenvalue weighted by atomic mass is 10.2. The van der Waals surface area contributed by atoms with Crippen molar-refractivity contribution in [1.82, 2.24) is 14.7 Å². The van der Waals surface area contributed by atoms with Crippen LogP contribution in [0.2, 0.25) is 0 Å². The van der Waals surface area contributed by atoms with E-state index >= 15 is 0 Å². The molecule has 0 aromatic heterocycles. The second kappa shape index (κ2) is 9.73. The molecule has 1 fully saturated rings. The summed E-state index contributed by atoms with van der Waals surface area (Å²) in [5.41, 5.74) is 0. The van der Waals surface area contributed by atoms with Gasteiger partial charge in [0.25, 0.3) is 0 Å². The lowest BCUT2D eigenvalue weighted by Crippen LogP contribution is -2.51. The van der Waals surface area contributed by atoms with Gasteiger partial charge < -0.3 is 9.64 Å². The topological polar surface area (TPSA) is 53.1 Å². The molecule has 0 aromatic rings. The minimum atomic E-state index is -0.150. The summed E-state index contributed by atoms with van der Waals surface area (Å²) in [7, 11) is 1.42. The number of nitrogens with zero attached hydrogens (tertiary/aromatic N) is 3. The van der Waals surface area contributed by atoms with E-state index in [1.165, 1.54) is 7.11 Å². The van der Waals surface area contributed by atoms with E-state index < -0.39 is 0 Å². The van der Waals surface area contributed by atoms with Gasteiger partial charge in [0, 0.05) is 32.6 Å². The Kier molecular flexibility index (Phi) is 8.30.